The molecule has 0 saturated carbocycles. The monoisotopic (exact) mass is 287 g/mol. The van der Waals surface area contributed by atoms with Crippen LogP contribution in [0.1, 0.15) is 5.56 Å². The zero-order valence-electron chi connectivity index (χ0n) is 11.9. The van der Waals surface area contributed by atoms with E-state index in [1.54, 1.807) is 12.1 Å². The van der Waals surface area contributed by atoms with E-state index in [2.05, 4.69) is 5.32 Å². The van der Waals surface area contributed by atoms with Crippen LogP contribution in [0.3, 0.4) is 0 Å². The summed E-state index contributed by atoms with van der Waals surface area (Å²) in [5.41, 5.74) is 1.07. The first kappa shape index (κ1) is 13.9. The third-order valence-corrected chi connectivity index (χ3v) is 3.72. The molecule has 0 saturated heterocycles. The lowest BCUT2D eigenvalue weighted by Gasteiger charge is -2.32. The summed E-state index contributed by atoms with van der Waals surface area (Å²) in [4.78, 5) is 0. The zero-order valence-corrected chi connectivity index (χ0v) is 11.9. The van der Waals surface area contributed by atoms with Gasteiger partial charge in [-0.25, -0.2) is 4.39 Å². The highest BCUT2D eigenvalue weighted by molar-refractivity contribution is 5.40. The van der Waals surface area contributed by atoms with Crippen molar-refractivity contribution in [3.8, 4) is 11.5 Å². The fourth-order valence-electron chi connectivity index (χ4n) is 2.53. The number of benzene rings is 2. The topological polar surface area (TPSA) is 30.5 Å². The van der Waals surface area contributed by atoms with Gasteiger partial charge in [0, 0.05) is 0 Å². The molecule has 1 N–H and O–H groups in total. The van der Waals surface area contributed by atoms with Gasteiger partial charge in [0.25, 0.3) is 0 Å². The summed E-state index contributed by atoms with van der Waals surface area (Å²) < 4.78 is 24.7. The Hall–Kier alpha value is -2.07. The Morgan fingerprint density at radius 1 is 1.14 bits per heavy atom. The van der Waals surface area contributed by atoms with Crippen molar-refractivity contribution in [1.29, 1.82) is 0 Å². The molecule has 0 amide bonds. The van der Waals surface area contributed by atoms with Crippen LogP contribution in [0, 0.1) is 5.82 Å². The second kappa shape index (κ2) is 6.14. The SMILES string of the molecule is CNC(Cc1ccc(F)cc1)C1COc2ccccc2O1. The fourth-order valence-corrected chi connectivity index (χ4v) is 2.53. The van der Waals surface area contributed by atoms with Crippen LogP contribution in [0.25, 0.3) is 0 Å². The number of para-hydroxylation sites is 2. The van der Waals surface area contributed by atoms with Gasteiger partial charge in [0.05, 0.1) is 6.04 Å². The first-order valence-corrected chi connectivity index (χ1v) is 7.06. The van der Waals surface area contributed by atoms with Crippen molar-refractivity contribution in [2.45, 2.75) is 18.6 Å². The van der Waals surface area contributed by atoms with Crippen molar-refractivity contribution >= 4 is 0 Å². The van der Waals surface area contributed by atoms with E-state index in [1.165, 1.54) is 12.1 Å². The van der Waals surface area contributed by atoms with E-state index in [9.17, 15) is 4.39 Å². The number of fused-ring (bicyclic) bond motifs is 1. The number of halogens is 1. The van der Waals surface area contributed by atoms with Crippen molar-refractivity contribution < 1.29 is 13.9 Å². The van der Waals surface area contributed by atoms with E-state index in [0.717, 1.165) is 23.5 Å². The first-order chi connectivity index (χ1) is 10.3. The van der Waals surface area contributed by atoms with Crippen LogP contribution < -0.4 is 14.8 Å². The lowest BCUT2D eigenvalue weighted by atomic mass is 10.0. The van der Waals surface area contributed by atoms with E-state index in [-0.39, 0.29) is 18.0 Å². The molecule has 0 radical (unpaired) electrons. The van der Waals surface area contributed by atoms with Gasteiger partial charge in [-0.05, 0) is 43.3 Å². The molecule has 21 heavy (non-hydrogen) atoms. The molecular formula is C17H18FNO2. The van der Waals surface area contributed by atoms with Crippen LogP contribution in [0.15, 0.2) is 48.5 Å². The predicted octanol–water partition coefficient (Wildman–Crippen LogP) is 2.80. The van der Waals surface area contributed by atoms with Crippen molar-refractivity contribution in [1.82, 2.24) is 5.32 Å². The van der Waals surface area contributed by atoms with Crippen LogP contribution in [0.4, 0.5) is 4.39 Å². The highest BCUT2D eigenvalue weighted by atomic mass is 19.1. The lowest BCUT2D eigenvalue weighted by molar-refractivity contribution is 0.0641. The molecule has 0 aromatic heterocycles. The smallest absolute Gasteiger partial charge is 0.161 e. The summed E-state index contributed by atoms with van der Waals surface area (Å²) in [5, 5.41) is 3.27. The average molecular weight is 287 g/mol. The Morgan fingerprint density at radius 2 is 1.86 bits per heavy atom. The van der Waals surface area contributed by atoms with Crippen LogP contribution in [-0.4, -0.2) is 25.8 Å². The Morgan fingerprint density at radius 3 is 2.57 bits per heavy atom. The molecule has 0 fully saturated rings. The molecule has 0 spiro atoms. The molecule has 1 aliphatic rings. The predicted molar refractivity (Wildman–Crippen MR) is 79.3 cm³/mol. The van der Waals surface area contributed by atoms with Crippen molar-refractivity contribution in [3.63, 3.8) is 0 Å². The summed E-state index contributed by atoms with van der Waals surface area (Å²) in [7, 11) is 1.90. The Labute approximate surface area is 123 Å². The molecule has 3 rings (SSSR count). The minimum atomic E-state index is -0.217. The zero-order chi connectivity index (χ0) is 14.7. The number of rotatable bonds is 4. The lowest BCUT2D eigenvalue weighted by Crippen LogP contribution is -2.47. The Bertz CT molecular complexity index is 600. The second-order valence-corrected chi connectivity index (χ2v) is 5.14. The molecule has 2 aromatic rings. The molecular weight excluding hydrogens is 269 g/mol. The van der Waals surface area contributed by atoms with E-state index >= 15 is 0 Å². The van der Waals surface area contributed by atoms with Gasteiger partial charge in [-0.3, -0.25) is 0 Å². The second-order valence-electron chi connectivity index (χ2n) is 5.14. The minimum Gasteiger partial charge on any atom is -0.486 e. The number of likely N-dealkylation sites (N-methyl/N-ethyl adjacent to an activating group) is 1. The summed E-state index contributed by atoms with van der Waals surface area (Å²) >= 11 is 0. The molecule has 0 aliphatic carbocycles. The van der Waals surface area contributed by atoms with E-state index in [1.807, 2.05) is 31.3 Å². The van der Waals surface area contributed by atoms with E-state index in [0.29, 0.717) is 6.61 Å². The van der Waals surface area contributed by atoms with Crippen LogP contribution in [-0.2, 0) is 6.42 Å². The third-order valence-electron chi connectivity index (χ3n) is 3.72. The quantitative estimate of drug-likeness (QED) is 0.938. The summed E-state index contributed by atoms with van der Waals surface area (Å²) in [6.45, 7) is 0.504. The van der Waals surface area contributed by atoms with E-state index in [4.69, 9.17) is 9.47 Å². The Kier molecular flexibility index (Phi) is 4.06. The third kappa shape index (κ3) is 3.16. The molecule has 2 unspecified atom stereocenters. The standard InChI is InChI=1S/C17H18FNO2/c1-19-14(10-12-6-8-13(18)9-7-12)17-11-20-15-4-2-3-5-16(15)21-17/h2-9,14,17,19H,10-11H2,1H3. The molecule has 3 nitrogen and oxygen atoms in total. The molecule has 2 aromatic carbocycles. The van der Waals surface area contributed by atoms with Gasteiger partial charge in [0.15, 0.2) is 11.5 Å². The summed E-state index contributed by atoms with van der Waals surface area (Å²) in [6, 6.07) is 14.3. The van der Waals surface area contributed by atoms with Crippen molar-refractivity contribution in [2.24, 2.45) is 0 Å². The van der Waals surface area contributed by atoms with Gasteiger partial charge in [-0.2, -0.15) is 0 Å². The van der Waals surface area contributed by atoms with Gasteiger partial charge < -0.3 is 14.8 Å². The van der Waals surface area contributed by atoms with E-state index < -0.39 is 0 Å². The molecule has 0 bridgehead atoms. The van der Waals surface area contributed by atoms with Crippen LogP contribution in [0.5, 0.6) is 11.5 Å². The molecule has 1 heterocycles. The first-order valence-electron chi connectivity index (χ1n) is 7.06. The minimum absolute atomic E-state index is 0.0741. The van der Waals surface area contributed by atoms with Gasteiger partial charge in [0.2, 0.25) is 0 Å². The number of hydrogen-bond acceptors (Lipinski definition) is 3. The van der Waals surface area contributed by atoms with Gasteiger partial charge >= 0.3 is 0 Å². The summed E-state index contributed by atoms with van der Waals surface area (Å²) in [5.74, 6) is 1.34. The summed E-state index contributed by atoms with van der Waals surface area (Å²) in [6.07, 6.45) is 0.683. The van der Waals surface area contributed by atoms with Gasteiger partial charge in [0.1, 0.15) is 18.5 Å². The largest absolute Gasteiger partial charge is 0.486 e. The number of nitrogens with one attached hydrogen (secondary N) is 1. The maximum atomic E-state index is 13.0. The maximum absolute atomic E-state index is 13.0. The van der Waals surface area contributed by atoms with Gasteiger partial charge in [-0.1, -0.05) is 24.3 Å². The maximum Gasteiger partial charge on any atom is 0.161 e. The average Bonchev–Trinajstić information content (AvgIpc) is 2.54. The normalized spacial score (nSPS) is 18.3. The Balaban J connectivity index is 1.71. The molecule has 110 valence electrons. The highest BCUT2D eigenvalue weighted by Gasteiger charge is 2.28. The van der Waals surface area contributed by atoms with Crippen molar-refractivity contribution in [3.05, 3.63) is 59.9 Å². The van der Waals surface area contributed by atoms with Crippen LogP contribution in [0.2, 0.25) is 0 Å². The fraction of sp³-hybridized carbons (Fsp3) is 0.294. The number of ether oxygens (including phenoxy) is 2. The highest BCUT2D eigenvalue weighted by Crippen LogP contribution is 2.31. The van der Waals surface area contributed by atoms with Gasteiger partial charge in [-0.15, -0.1) is 0 Å². The van der Waals surface area contributed by atoms with Crippen LogP contribution >= 0.6 is 0 Å². The van der Waals surface area contributed by atoms with Crippen molar-refractivity contribution in [2.75, 3.05) is 13.7 Å². The molecule has 4 heteroatoms. The molecule has 2 atom stereocenters. The number of hydrogen-bond donors (Lipinski definition) is 1. The molecule has 1 aliphatic heterocycles.